The number of hydrogen-bond acceptors (Lipinski definition) is 6. The number of allylic oxidation sites excluding steroid dienone is 2. The quantitative estimate of drug-likeness (QED) is 0.268. The number of hydrogen-bond donors (Lipinski definition) is 4. The maximum atomic E-state index is 12.4. The minimum atomic E-state index is -0.698. The van der Waals surface area contributed by atoms with Crippen LogP contribution in [-0.4, -0.2) is 64.8 Å². The Morgan fingerprint density at radius 2 is 1.82 bits per heavy atom. The van der Waals surface area contributed by atoms with Gasteiger partial charge in [-0.05, 0) is 53.6 Å². The number of rotatable bonds is 9. The number of aryl methyl sites for hydroxylation is 1. The Labute approximate surface area is 194 Å². The van der Waals surface area contributed by atoms with Gasteiger partial charge in [0.1, 0.15) is 0 Å². The maximum absolute atomic E-state index is 12.4. The summed E-state index contributed by atoms with van der Waals surface area (Å²) in [6, 6.07) is 14.7. The van der Waals surface area contributed by atoms with Gasteiger partial charge in [0.05, 0.1) is 25.0 Å². The summed E-state index contributed by atoms with van der Waals surface area (Å²) < 4.78 is 0. The standard InChI is InChI=1S/C26H31N3O4/c1-18-6-3-4-8-23(18)24(14-25(28-33)21-7-5-13-29(2)15-21)19-9-11-20(12-10-19)26(32)27-22(16-30)17-31/h3-13,22,24,30-31,33H,14-17H2,1-2H3,(H,27,32). The van der Waals surface area contributed by atoms with Gasteiger partial charge in [0.25, 0.3) is 5.91 Å². The van der Waals surface area contributed by atoms with Crippen molar-refractivity contribution in [1.82, 2.24) is 10.2 Å². The van der Waals surface area contributed by atoms with Gasteiger partial charge in [0.15, 0.2) is 0 Å². The number of nitrogens with zero attached hydrogens (tertiary/aromatic N) is 2. The van der Waals surface area contributed by atoms with Crippen molar-refractivity contribution in [1.29, 1.82) is 0 Å². The SMILES string of the molecule is Cc1ccccc1C(CC(=NO)C1=CC=CN(C)C1)c1ccc(C(=O)NC(CO)CO)cc1. The van der Waals surface area contributed by atoms with Crippen molar-refractivity contribution in [3.63, 3.8) is 0 Å². The van der Waals surface area contributed by atoms with Gasteiger partial charge in [-0.1, -0.05) is 47.6 Å². The molecule has 4 N–H and O–H groups in total. The highest BCUT2D eigenvalue weighted by Crippen LogP contribution is 2.32. The molecule has 1 aliphatic heterocycles. The number of carbonyl (C=O) groups excluding carboxylic acids is 1. The van der Waals surface area contributed by atoms with E-state index in [9.17, 15) is 20.2 Å². The van der Waals surface area contributed by atoms with Crippen LogP contribution in [0.15, 0.2) is 77.6 Å². The number of nitrogens with one attached hydrogen (secondary N) is 1. The Kier molecular flexibility index (Phi) is 8.40. The summed E-state index contributed by atoms with van der Waals surface area (Å²) in [4.78, 5) is 14.5. The molecule has 0 aliphatic carbocycles. The molecule has 0 spiro atoms. The molecule has 1 amide bonds. The lowest BCUT2D eigenvalue weighted by atomic mass is 9.83. The minimum absolute atomic E-state index is 0.0750. The van der Waals surface area contributed by atoms with Crippen molar-refractivity contribution in [2.24, 2.45) is 5.16 Å². The molecule has 1 aliphatic rings. The Morgan fingerprint density at radius 3 is 2.42 bits per heavy atom. The molecule has 1 unspecified atom stereocenters. The van der Waals surface area contributed by atoms with Crippen molar-refractivity contribution in [2.75, 3.05) is 26.8 Å². The molecule has 0 saturated heterocycles. The van der Waals surface area contributed by atoms with Crippen molar-refractivity contribution in [2.45, 2.75) is 25.3 Å². The van der Waals surface area contributed by atoms with Crippen LogP contribution in [-0.2, 0) is 0 Å². The fraction of sp³-hybridized carbons (Fsp3) is 0.308. The lowest BCUT2D eigenvalue weighted by Crippen LogP contribution is -2.40. The fourth-order valence-corrected chi connectivity index (χ4v) is 3.97. The Bertz CT molecular complexity index is 1040. The van der Waals surface area contributed by atoms with Crippen LogP contribution in [0.25, 0.3) is 0 Å². The largest absolute Gasteiger partial charge is 0.411 e. The predicted octanol–water partition coefficient (Wildman–Crippen LogP) is 2.82. The number of likely N-dealkylation sites (N-methyl/N-ethyl adjacent to an activating group) is 1. The zero-order valence-corrected chi connectivity index (χ0v) is 19.0. The Balaban J connectivity index is 1.91. The average molecular weight is 450 g/mol. The molecule has 0 fully saturated rings. The van der Waals surface area contributed by atoms with E-state index in [0.717, 1.165) is 22.3 Å². The zero-order valence-electron chi connectivity index (χ0n) is 19.0. The van der Waals surface area contributed by atoms with Gasteiger partial charge in [-0.3, -0.25) is 4.79 Å². The molecule has 33 heavy (non-hydrogen) atoms. The molecule has 7 heteroatoms. The van der Waals surface area contributed by atoms with E-state index in [4.69, 9.17) is 0 Å². The molecule has 2 aromatic carbocycles. The lowest BCUT2D eigenvalue weighted by Gasteiger charge is -2.24. The minimum Gasteiger partial charge on any atom is -0.411 e. The fourth-order valence-electron chi connectivity index (χ4n) is 3.97. The van der Waals surface area contributed by atoms with Crippen LogP contribution in [0.3, 0.4) is 0 Å². The van der Waals surface area contributed by atoms with Gasteiger partial charge < -0.3 is 25.6 Å². The van der Waals surface area contributed by atoms with Gasteiger partial charge in [0.2, 0.25) is 0 Å². The molecule has 1 atom stereocenters. The normalized spacial score (nSPS) is 14.9. The van der Waals surface area contributed by atoms with Crippen LogP contribution in [0.4, 0.5) is 0 Å². The molecule has 0 radical (unpaired) electrons. The highest BCUT2D eigenvalue weighted by Gasteiger charge is 2.22. The molecular weight excluding hydrogens is 418 g/mol. The average Bonchev–Trinajstić information content (AvgIpc) is 2.84. The highest BCUT2D eigenvalue weighted by atomic mass is 16.4. The predicted molar refractivity (Wildman–Crippen MR) is 129 cm³/mol. The lowest BCUT2D eigenvalue weighted by molar-refractivity contribution is 0.0879. The van der Waals surface area contributed by atoms with Gasteiger partial charge in [-0.25, -0.2) is 0 Å². The molecular formula is C26H31N3O4. The van der Waals surface area contributed by atoms with Crippen molar-refractivity contribution in [3.8, 4) is 0 Å². The van der Waals surface area contributed by atoms with E-state index in [1.165, 1.54) is 0 Å². The summed E-state index contributed by atoms with van der Waals surface area (Å²) in [5, 5.41) is 34.5. The molecule has 0 bridgehead atoms. The number of benzene rings is 2. The van der Waals surface area contributed by atoms with Crippen LogP contribution < -0.4 is 5.32 Å². The van der Waals surface area contributed by atoms with Gasteiger partial charge in [-0.2, -0.15) is 0 Å². The highest BCUT2D eigenvalue weighted by molar-refractivity contribution is 6.01. The summed E-state index contributed by atoms with van der Waals surface area (Å²) in [5.41, 5.74) is 5.25. The number of oxime groups is 1. The van der Waals surface area contributed by atoms with Crippen LogP contribution in [0, 0.1) is 6.92 Å². The summed E-state index contributed by atoms with van der Waals surface area (Å²) in [7, 11) is 1.97. The maximum Gasteiger partial charge on any atom is 0.251 e. The molecule has 0 saturated carbocycles. The first-order valence-electron chi connectivity index (χ1n) is 10.9. The molecule has 3 rings (SSSR count). The van der Waals surface area contributed by atoms with Crippen molar-refractivity contribution < 1.29 is 20.2 Å². The third kappa shape index (κ3) is 6.09. The first kappa shape index (κ1) is 24.2. The van der Waals surface area contributed by atoms with E-state index in [2.05, 4.69) is 29.5 Å². The van der Waals surface area contributed by atoms with E-state index in [1.54, 1.807) is 12.1 Å². The van der Waals surface area contributed by atoms with Crippen LogP contribution >= 0.6 is 0 Å². The van der Waals surface area contributed by atoms with Crippen molar-refractivity contribution >= 4 is 11.6 Å². The second kappa shape index (κ2) is 11.4. The van der Waals surface area contributed by atoms with E-state index in [-0.39, 0.29) is 25.0 Å². The van der Waals surface area contributed by atoms with Crippen LogP contribution in [0.1, 0.15) is 39.4 Å². The first-order valence-corrected chi connectivity index (χ1v) is 10.9. The van der Waals surface area contributed by atoms with E-state index < -0.39 is 6.04 Å². The second-order valence-corrected chi connectivity index (χ2v) is 8.27. The van der Waals surface area contributed by atoms with E-state index in [1.807, 2.05) is 54.6 Å². The third-order valence-electron chi connectivity index (χ3n) is 5.86. The Hall–Kier alpha value is -3.42. The summed E-state index contributed by atoms with van der Waals surface area (Å²) in [5.74, 6) is -0.434. The van der Waals surface area contributed by atoms with Crippen LogP contribution in [0.2, 0.25) is 0 Å². The topological polar surface area (TPSA) is 105 Å². The number of aliphatic hydroxyl groups excluding tert-OH is 2. The number of carbonyl (C=O) groups is 1. The summed E-state index contributed by atoms with van der Waals surface area (Å²) in [6.07, 6.45) is 6.37. The summed E-state index contributed by atoms with van der Waals surface area (Å²) in [6.45, 7) is 2.05. The smallest absolute Gasteiger partial charge is 0.251 e. The Morgan fingerprint density at radius 1 is 1.12 bits per heavy atom. The molecule has 7 nitrogen and oxygen atoms in total. The van der Waals surface area contributed by atoms with Gasteiger partial charge >= 0.3 is 0 Å². The van der Waals surface area contributed by atoms with Crippen molar-refractivity contribution in [3.05, 3.63) is 94.7 Å². The van der Waals surface area contributed by atoms with Gasteiger partial charge in [0, 0.05) is 31.5 Å². The number of aliphatic hydroxyl groups is 2. The molecule has 0 aromatic heterocycles. The molecule has 2 aromatic rings. The summed E-state index contributed by atoms with van der Waals surface area (Å²) >= 11 is 0. The molecule has 1 heterocycles. The third-order valence-corrected chi connectivity index (χ3v) is 5.86. The second-order valence-electron chi connectivity index (χ2n) is 8.27. The first-order chi connectivity index (χ1) is 16.0. The zero-order chi connectivity index (χ0) is 23.8. The van der Waals surface area contributed by atoms with Crippen LogP contribution in [0.5, 0.6) is 0 Å². The van der Waals surface area contributed by atoms with E-state index in [0.29, 0.717) is 24.2 Å². The van der Waals surface area contributed by atoms with Gasteiger partial charge in [-0.15, -0.1) is 0 Å². The monoisotopic (exact) mass is 449 g/mol. The van der Waals surface area contributed by atoms with E-state index >= 15 is 0 Å². The number of amides is 1. The molecule has 174 valence electrons.